The van der Waals surface area contributed by atoms with E-state index in [1.54, 1.807) is 7.11 Å². The first kappa shape index (κ1) is 16.8. The number of carbonyl (C=O) groups excluding carboxylic acids is 1. The number of halogens is 1. The fourth-order valence-corrected chi connectivity index (χ4v) is 1.85. The van der Waals surface area contributed by atoms with Gasteiger partial charge in [-0.15, -0.1) is 11.6 Å². The summed E-state index contributed by atoms with van der Waals surface area (Å²) in [5.41, 5.74) is 2.05. The zero-order valence-corrected chi connectivity index (χ0v) is 12.6. The third kappa shape index (κ3) is 5.82. The zero-order chi connectivity index (χ0) is 14.8. The van der Waals surface area contributed by atoms with Crippen LogP contribution in [0.3, 0.4) is 0 Å². The molecule has 0 aliphatic heterocycles. The lowest BCUT2D eigenvalue weighted by atomic mass is 10.0. The predicted molar refractivity (Wildman–Crippen MR) is 82.5 cm³/mol. The van der Waals surface area contributed by atoms with Crippen molar-refractivity contribution < 1.29 is 14.2 Å². The summed E-state index contributed by atoms with van der Waals surface area (Å²) in [6.07, 6.45) is 0.547. The second-order valence-electron chi connectivity index (χ2n) is 4.23. The third-order valence-electron chi connectivity index (χ3n) is 2.78. The monoisotopic (exact) mass is 298 g/mol. The number of methoxy groups -OCH3 is 1. The Kier molecular flexibility index (Phi) is 8.10. The first-order chi connectivity index (χ1) is 9.71. The molecule has 1 atom stereocenters. The van der Waals surface area contributed by atoms with Crippen LogP contribution < -0.4 is 10.5 Å². The van der Waals surface area contributed by atoms with Gasteiger partial charge in [0.15, 0.2) is 0 Å². The van der Waals surface area contributed by atoms with Crippen LogP contribution in [0.5, 0.6) is 0 Å². The number of hydrogen-bond donors (Lipinski definition) is 2. The van der Waals surface area contributed by atoms with Crippen molar-refractivity contribution in [3.63, 3.8) is 0 Å². The van der Waals surface area contributed by atoms with Gasteiger partial charge in [-0.05, 0) is 24.1 Å². The Balaban J connectivity index is 2.60. The molecule has 1 rings (SSSR count). The average Bonchev–Trinajstić information content (AvgIpc) is 2.49. The van der Waals surface area contributed by atoms with Crippen LogP contribution in [-0.2, 0) is 20.6 Å². The highest BCUT2D eigenvalue weighted by Crippen LogP contribution is 2.11. The Morgan fingerprint density at radius 1 is 1.35 bits per heavy atom. The van der Waals surface area contributed by atoms with Gasteiger partial charge < -0.3 is 19.9 Å². The van der Waals surface area contributed by atoms with Crippen molar-refractivity contribution in [1.82, 2.24) is 5.23 Å². The molecule has 2 N–H and O–H groups in total. The van der Waals surface area contributed by atoms with Gasteiger partial charge in [0.25, 0.3) is 0 Å². The maximum atomic E-state index is 11.7. The number of benzene rings is 1. The van der Waals surface area contributed by atoms with Gasteiger partial charge in [0, 0.05) is 25.2 Å². The third-order valence-corrected chi connectivity index (χ3v) is 2.97. The standard InChI is InChI=1S/C13H20BClN2O3/c1-19-13(18)12(17-14-20-2)9-10-3-5-11(6-4-10)16-8-7-15/h3-6,12,14,16-17H,7-9H2,1-2H3. The molecule has 110 valence electrons. The molecule has 1 aromatic rings. The van der Waals surface area contributed by atoms with E-state index >= 15 is 0 Å². The summed E-state index contributed by atoms with van der Waals surface area (Å²) < 4.78 is 9.70. The number of ether oxygens (including phenoxy) is 1. The van der Waals surface area contributed by atoms with Crippen LogP contribution in [0.1, 0.15) is 5.56 Å². The number of carbonyl (C=O) groups is 1. The molecule has 0 spiro atoms. The van der Waals surface area contributed by atoms with Gasteiger partial charge >= 0.3 is 13.6 Å². The van der Waals surface area contributed by atoms with Gasteiger partial charge in [0.1, 0.15) is 6.04 Å². The SMILES string of the molecule is COBNC(Cc1ccc(NCCCl)cc1)C(=O)OC. The number of esters is 1. The number of hydrogen-bond acceptors (Lipinski definition) is 5. The summed E-state index contributed by atoms with van der Waals surface area (Å²) in [5.74, 6) is 0.263. The maximum absolute atomic E-state index is 11.7. The van der Waals surface area contributed by atoms with E-state index in [1.807, 2.05) is 24.3 Å². The highest BCUT2D eigenvalue weighted by molar-refractivity contribution is 6.24. The predicted octanol–water partition coefficient (Wildman–Crippen LogP) is 0.924. The fourth-order valence-electron chi connectivity index (χ4n) is 1.75. The van der Waals surface area contributed by atoms with Gasteiger partial charge in [-0.2, -0.15) is 0 Å². The van der Waals surface area contributed by atoms with Crippen LogP contribution in [0.2, 0.25) is 0 Å². The molecule has 0 saturated carbocycles. The first-order valence-corrected chi connectivity index (χ1v) is 6.93. The van der Waals surface area contributed by atoms with E-state index in [-0.39, 0.29) is 5.97 Å². The second-order valence-corrected chi connectivity index (χ2v) is 4.61. The summed E-state index contributed by atoms with van der Waals surface area (Å²) >= 11 is 5.62. The van der Waals surface area contributed by atoms with E-state index in [1.165, 1.54) is 7.11 Å². The van der Waals surface area contributed by atoms with E-state index in [9.17, 15) is 4.79 Å². The molecular weight excluding hydrogens is 278 g/mol. The lowest BCUT2D eigenvalue weighted by molar-refractivity contribution is -0.142. The van der Waals surface area contributed by atoms with E-state index in [0.29, 0.717) is 19.9 Å². The smallest absolute Gasteiger partial charge is 0.361 e. The molecule has 1 aromatic carbocycles. The van der Waals surface area contributed by atoms with E-state index < -0.39 is 6.04 Å². The minimum atomic E-state index is -0.415. The van der Waals surface area contributed by atoms with Gasteiger partial charge in [-0.25, -0.2) is 0 Å². The minimum absolute atomic E-state index is 0.300. The minimum Gasteiger partial charge on any atom is -0.468 e. The summed E-state index contributed by atoms with van der Waals surface area (Å²) in [7, 11) is 3.25. The van der Waals surface area contributed by atoms with Gasteiger partial charge in [0.05, 0.1) is 7.11 Å². The largest absolute Gasteiger partial charge is 0.468 e. The van der Waals surface area contributed by atoms with Crippen molar-refractivity contribution in [2.75, 3.05) is 32.0 Å². The number of rotatable bonds is 9. The van der Waals surface area contributed by atoms with Crippen molar-refractivity contribution in [2.24, 2.45) is 0 Å². The molecule has 1 unspecified atom stereocenters. The average molecular weight is 299 g/mol. The second kappa shape index (κ2) is 9.63. The van der Waals surface area contributed by atoms with Gasteiger partial charge in [-0.1, -0.05) is 12.1 Å². The lowest BCUT2D eigenvalue weighted by Crippen LogP contribution is -2.42. The molecule has 0 aliphatic rings. The molecule has 0 saturated heterocycles. The first-order valence-electron chi connectivity index (χ1n) is 6.40. The summed E-state index contributed by atoms with van der Waals surface area (Å²) in [6.45, 7) is 0.723. The Morgan fingerprint density at radius 2 is 2.05 bits per heavy atom. The number of alkyl halides is 1. The number of anilines is 1. The van der Waals surface area contributed by atoms with Crippen molar-refractivity contribution in [3.05, 3.63) is 29.8 Å². The van der Waals surface area contributed by atoms with Crippen LogP contribution >= 0.6 is 11.6 Å². The van der Waals surface area contributed by atoms with Crippen LogP contribution in [0.4, 0.5) is 5.69 Å². The van der Waals surface area contributed by atoms with E-state index in [2.05, 4.69) is 10.5 Å². The normalized spacial score (nSPS) is 11.8. The van der Waals surface area contributed by atoms with Crippen molar-refractivity contribution >= 4 is 30.9 Å². The topological polar surface area (TPSA) is 59.6 Å². The summed E-state index contributed by atoms with van der Waals surface area (Å²) in [5, 5.41) is 6.17. The van der Waals surface area contributed by atoms with Crippen LogP contribution in [0.15, 0.2) is 24.3 Å². The van der Waals surface area contributed by atoms with E-state index in [0.717, 1.165) is 17.8 Å². The Morgan fingerprint density at radius 3 is 2.60 bits per heavy atom. The quantitative estimate of drug-likeness (QED) is 0.403. The van der Waals surface area contributed by atoms with Crippen LogP contribution in [0.25, 0.3) is 0 Å². The number of nitrogens with one attached hydrogen (secondary N) is 2. The zero-order valence-electron chi connectivity index (χ0n) is 11.8. The Labute approximate surface area is 125 Å². The van der Waals surface area contributed by atoms with E-state index in [4.69, 9.17) is 21.0 Å². The molecule has 0 heterocycles. The molecule has 0 bridgehead atoms. The molecule has 7 heteroatoms. The van der Waals surface area contributed by atoms with Crippen LogP contribution in [0, 0.1) is 0 Å². The molecule has 0 aromatic heterocycles. The van der Waals surface area contributed by atoms with Crippen molar-refractivity contribution in [1.29, 1.82) is 0 Å². The Hall–Kier alpha value is -1.24. The molecule has 5 nitrogen and oxygen atoms in total. The Bertz CT molecular complexity index is 403. The van der Waals surface area contributed by atoms with Gasteiger partial charge in [-0.3, -0.25) is 4.79 Å². The van der Waals surface area contributed by atoms with Crippen molar-refractivity contribution in [3.8, 4) is 0 Å². The molecule has 0 amide bonds. The van der Waals surface area contributed by atoms with Crippen LogP contribution in [-0.4, -0.2) is 46.3 Å². The fraction of sp³-hybridized carbons (Fsp3) is 0.462. The highest BCUT2D eigenvalue weighted by Gasteiger charge is 2.19. The molecule has 0 aliphatic carbocycles. The molecular formula is C13H20BClN2O3. The lowest BCUT2D eigenvalue weighted by Gasteiger charge is -2.15. The molecule has 0 fully saturated rings. The molecule has 0 radical (unpaired) electrons. The van der Waals surface area contributed by atoms with Crippen molar-refractivity contribution in [2.45, 2.75) is 12.5 Å². The van der Waals surface area contributed by atoms with Gasteiger partial charge in [0.2, 0.25) is 0 Å². The summed E-state index contributed by atoms with van der Waals surface area (Å²) in [6, 6.07) is 7.46. The highest BCUT2D eigenvalue weighted by atomic mass is 35.5. The summed E-state index contributed by atoms with van der Waals surface area (Å²) in [4.78, 5) is 11.7. The maximum Gasteiger partial charge on any atom is 0.361 e. The molecule has 20 heavy (non-hydrogen) atoms.